The maximum Gasteiger partial charge on any atom is 0.137 e. The maximum absolute atomic E-state index is 13.8. The van der Waals surface area contributed by atoms with Crippen molar-refractivity contribution in [3.8, 4) is 0 Å². The molecule has 0 aliphatic heterocycles. The summed E-state index contributed by atoms with van der Waals surface area (Å²) in [5.74, 6) is 0.797. The zero-order chi connectivity index (χ0) is 15.2. The number of imidazole rings is 1. The Labute approximate surface area is 133 Å². The van der Waals surface area contributed by atoms with E-state index in [1.165, 1.54) is 6.07 Å². The van der Waals surface area contributed by atoms with Gasteiger partial charge in [0.15, 0.2) is 0 Å². The molecular formula is C16H21BrFN3. The van der Waals surface area contributed by atoms with Crippen molar-refractivity contribution in [2.24, 2.45) is 0 Å². The van der Waals surface area contributed by atoms with Crippen molar-refractivity contribution in [1.29, 1.82) is 0 Å². The molecule has 0 saturated carbocycles. The predicted molar refractivity (Wildman–Crippen MR) is 86.7 cm³/mol. The van der Waals surface area contributed by atoms with Crippen LogP contribution in [0.2, 0.25) is 0 Å². The minimum atomic E-state index is -0.229. The van der Waals surface area contributed by atoms with E-state index >= 15 is 0 Å². The molecule has 0 bridgehead atoms. The summed E-state index contributed by atoms with van der Waals surface area (Å²) >= 11 is 3.36. The molecule has 114 valence electrons. The monoisotopic (exact) mass is 353 g/mol. The van der Waals surface area contributed by atoms with Crippen LogP contribution in [0.3, 0.4) is 0 Å². The summed E-state index contributed by atoms with van der Waals surface area (Å²) < 4.78 is 16.5. The fourth-order valence-corrected chi connectivity index (χ4v) is 3.03. The Morgan fingerprint density at radius 1 is 1.38 bits per heavy atom. The molecule has 0 fully saturated rings. The lowest BCUT2D eigenvalue weighted by Gasteiger charge is -2.20. The van der Waals surface area contributed by atoms with Crippen LogP contribution < -0.4 is 5.32 Å². The van der Waals surface area contributed by atoms with Crippen LogP contribution in [0.15, 0.2) is 35.1 Å². The van der Waals surface area contributed by atoms with Gasteiger partial charge in [-0.1, -0.05) is 26.0 Å². The van der Waals surface area contributed by atoms with Crippen LogP contribution in [0.1, 0.15) is 37.7 Å². The number of rotatable bonds is 7. The van der Waals surface area contributed by atoms with Crippen molar-refractivity contribution in [2.75, 3.05) is 6.54 Å². The smallest absolute Gasteiger partial charge is 0.137 e. The van der Waals surface area contributed by atoms with Crippen LogP contribution in [0.25, 0.3) is 0 Å². The fraction of sp³-hybridized carbons (Fsp3) is 0.438. The molecular weight excluding hydrogens is 333 g/mol. The van der Waals surface area contributed by atoms with E-state index in [2.05, 4.69) is 44.6 Å². The Bertz CT molecular complexity index is 583. The second-order valence-electron chi connectivity index (χ2n) is 4.99. The molecule has 21 heavy (non-hydrogen) atoms. The number of hydrogen-bond acceptors (Lipinski definition) is 2. The van der Waals surface area contributed by atoms with Crippen LogP contribution in [0.5, 0.6) is 0 Å². The molecule has 0 saturated heterocycles. The van der Waals surface area contributed by atoms with Gasteiger partial charge in [-0.15, -0.1) is 0 Å². The summed E-state index contributed by atoms with van der Waals surface area (Å²) in [6, 6.07) is 5.21. The maximum atomic E-state index is 13.8. The standard InChI is InChI=1S/C16H21BrFN3/c1-3-9-21-10-8-20-15(21)11-14(19-4-2)12-6-5-7-13(18)16(12)17/h5-8,10,14,19H,3-4,9,11H2,1-2H3. The van der Waals surface area contributed by atoms with Crippen LogP contribution in [0.4, 0.5) is 4.39 Å². The van der Waals surface area contributed by atoms with Gasteiger partial charge in [-0.25, -0.2) is 9.37 Å². The molecule has 5 heteroatoms. The summed E-state index contributed by atoms with van der Waals surface area (Å²) in [5.41, 5.74) is 0.933. The number of aryl methyl sites for hydroxylation is 1. The van der Waals surface area contributed by atoms with Crippen LogP contribution in [-0.4, -0.2) is 16.1 Å². The second kappa shape index (κ2) is 7.71. The molecule has 1 N–H and O–H groups in total. The number of likely N-dealkylation sites (N-methyl/N-ethyl adjacent to an activating group) is 1. The van der Waals surface area contributed by atoms with Gasteiger partial charge in [0.2, 0.25) is 0 Å². The van der Waals surface area contributed by atoms with Crippen molar-refractivity contribution in [3.05, 3.63) is 52.3 Å². The summed E-state index contributed by atoms with van der Waals surface area (Å²) in [6.07, 6.45) is 5.64. The molecule has 1 heterocycles. The number of nitrogens with zero attached hydrogens (tertiary/aromatic N) is 2. The molecule has 0 spiro atoms. The first kappa shape index (κ1) is 16.2. The number of hydrogen-bond donors (Lipinski definition) is 1. The molecule has 0 amide bonds. The van der Waals surface area contributed by atoms with E-state index in [9.17, 15) is 4.39 Å². The molecule has 2 rings (SSSR count). The van der Waals surface area contributed by atoms with Crippen molar-refractivity contribution in [3.63, 3.8) is 0 Å². The molecule has 1 unspecified atom stereocenters. The highest BCUT2D eigenvalue weighted by atomic mass is 79.9. The minimum absolute atomic E-state index is 0.0399. The second-order valence-corrected chi connectivity index (χ2v) is 5.79. The first-order valence-corrected chi connectivity index (χ1v) is 8.14. The van der Waals surface area contributed by atoms with Crippen LogP contribution in [-0.2, 0) is 13.0 Å². The van der Waals surface area contributed by atoms with Crippen molar-refractivity contribution in [1.82, 2.24) is 14.9 Å². The SMILES string of the molecule is CCCn1ccnc1CC(NCC)c1cccc(F)c1Br. The summed E-state index contributed by atoms with van der Waals surface area (Å²) in [4.78, 5) is 4.45. The summed E-state index contributed by atoms with van der Waals surface area (Å²) in [6.45, 7) is 5.98. The number of nitrogens with one attached hydrogen (secondary N) is 1. The predicted octanol–water partition coefficient (Wildman–Crippen LogP) is 4.09. The lowest BCUT2D eigenvalue weighted by Crippen LogP contribution is -2.25. The zero-order valence-electron chi connectivity index (χ0n) is 12.4. The van der Waals surface area contributed by atoms with Crippen molar-refractivity contribution >= 4 is 15.9 Å². The van der Waals surface area contributed by atoms with E-state index in [1.54, 1.807) is 6.07 Å². The molecule has 1 aromatic heterocycles. The third-order valence-corrected chi connectivity index (χ3v) is 4.30. The topological polar surface area (TPSA) is 29.9 Å². The highest BCUT2D eigenvalue weighted by Crippen LogP contribution is 2.28. The number of aromatic nitrogens is 2. The number of benzene rings is 1. The van der Waals surface area contributed by atoms with Crippen molar-refractivity contribution in [2.45, 2.75) is 39.3 Å². The highest BCUT2D eigenvalue weighted by Gasteiger charge is 2.18. The zero-order valence-corrected chi connectivity index (χ0v) is 14.0. The molecule has 0 radical (unpaired) electrons. The average molecular weight is 354 g/mol. The molecule has 2 aromatic rings. The van der Waals surface area contributed by atoms with E-state index in [-0.39, 0.29) is 11.9 Å². The van der Waals surface area contributed by atoms with E-state index in [4.69, 9.17) is 0 Å². The average Bonchev–Trinajstić information content (AvgIpc) is 2.89. The third-order valence-electron chi connectivity index (χ3n) is 3.46. The van der Waals surface area contributed by atoms with E-state index < -0.39 is 0 Å². The largest absolute Gasteiger partial charge is 0.335 e. The molecule has 0 aliphatic rings. The first-order chi connectivity index (χ1) is 10.2. The van der Waals surface area contributed by atoms with Gasteiger partial charge in [0, 0.05) is 31.4 Å². The van der Waals surface area contributed by atoms with Gasteiger partial charge in [0.1, 0.15) is 11.6 Å². The number of halogens is 2. The van der Waals surface area contributed by atoms with Crippen LogP contribution in [0, 0.1) is 5.82 Å². The lowest BCUT2D eigenvalue weighted by molar-refractivity contribution is 0.509. The molecule has 1 aromatic carbocycles. The summed E-state index contributed by atoms with van der Waals surface area (Å²) in [7, 11) is 0. The summed E-state index contributed by atoms with van der Waals surface area (Å²) in [5, 5.41) is 3.42. The Morgan fingerprint density at radius 3 is 2.90 bits per heavy atom. The molecule has 0 aliphatic carbocycles. The van der Waals surface area contributed by atoms with E-state index in [1.807, 2.05) is 18.5 Å². The van der Waals surface area contributed by atoms with Gasteiger partial charge in [0.25, 0.3) is 0 Å². The van der Waals surface area contributed by atoms with Crippen molar-refractivity contribution < 1.29 is 4.39 Å². The van der Waals surface area contributed by atoms with Gasteiger partial charge in [-0.05, 0) is 40.5 Å². The van der Waals surface area contributed by atoms with E-state index in [0.29, 0.717) is 4.47 Å². The third kappa shape index (κ3) is 3.92. The quantitative estimate of drug-likeness (QED) is 0.812. The van der Waals surface area contributed by atoms with Gasteiger partial charge >= 0.3 is 0 Å². The normalized spacial score (nSPS) is 12.6. The Morgan fingerprint density at radius 2 is 2.19 bits per heavy atom. The minimum Gasteiger partial charge on any atom is -0.335 e. The van der Waals surface area contributed by atoms with Gasteiger partial charge < -0.3 is 9.88 Å². The molecule has 1 atom stereocenters. The van der Waals surface area contributed by atoms with Gasteiger partial charge in [-0.3, -0.25) is 0 Å². The molecule has 3 nitrogen and oxygen atoms in total. The Kier molecular flexibility index (Phi) is 5.94. The highest BCUT2D eigenvalue weighted by molar-refractivity contribution is 9.10. The van der Waals surface area contributed by atoms with Crippen LogP contribution >= 0.6 is 15.9 Å². The fourth-order valence-electron chi connectivity index (χ4n) is 2.49. The Hall–Kier alpha value is -1.20. The lowest BCUT2D eigenvalue weighted by atomic mass is 10.0. The van der Waals surface area contributed by atoms with E-state index in [0.717, 1.165) is 37.3 Å². The van der Waals surface area contributed by atoms with Gasteiger partial charge in [0.05, 0.1) is 4.47 Å². The first-order valence-electron chi connectivity index (χ1n) is 7.34. The Balaban J connectivity index is 2.26. The van der Waals surface area contributed by atoms with Gasteiger partial charge in [-0.2, -0.15) is 0 Å².